The maximum atomic E-state index is 12.2. The molecule has 6 nitrogen and oxygen atoms in total. The van der Waals surface area contributed by atoms with E-state index in [1.807, 2.05) is 19.1 Å². The van der Waals surface area contributed by atoms with Crippen molar-refractivity contribution in [1.29, 1.82) is 0 Å². The Morgan fingerprint density at radius 1 is 1.07 bits per heavy atom. The minimum absolute atomic E-state index is 0.0460. The van der Waals surface area contributed by atoms with Gasteiger partial charge in [-0.1, -0.05) is 38.1 Å². The standard InChI is InChI=1S/C22H25N3O3/c1-15(2)12-17-4-6-18(7-5-17)16(3)24-21(26)13-27-20-10-8-19(9-11-20)22-25-23-14-28-22/h4-11,14-16H,12-13H2,1-3H3,(H,24,26). The molecule has 0 bridgehead atoms. The van der Waals surface area contributed by atoms with E-state index in [1.54, 1.807) is 12.1 Å². The van der Waals surface area contributed by atoms with Crippen molar-refractivity contribution in [1.82, 2.24) is 15.5 Å². The van der Waals surface area contributed by atoms with Crippen LogP contribution in [0.2, 0.25) is 0 Å². The number of rotatable bonds is 8. The van der Waals surface area contributed by atoms with Gasteiger partial charge in [-0.25, -0.2) is 0 Å². The number of hydrogen-bond acceptors (Lipinski definition) is 5. The van der Waals surface area contributed by atoms with Gasteiger partial charge in [0.25, 0.3) is 5.91 Å². The molecule has 0 radical (unpaired) electrons. The summed E-state index contributed by atoms with van der Waals surface area (Å²) < 4.78 is 10.7. The van der Waals surface area contributed by atoms with Crippen molar-refractivity contribution < 1.29 is 13.9 Å². The minimum atomic E-state index is -0.167. The summed E-state index contributed by atoms with van der Waals surface area (Å²) in [5, 5.41) is 10.5. The van der Waals surface area contributed by atoms with Crippen molar-refractivity contribution in [3.63, 3.8) is 0 Å². The van der Waals surface area contributed by atoms with Crippen molar-refractivity contribution in [2.45, 2.75) is 33.2 Å². The second kappa shape index (κ2) is 9.17. The van der Waals surface area contributed by atoms with Gasteiger partial charge >= 0.3 is 0 Å². The highest BCUT2D eigenvalue weighted by Crippen LogP contribution is 2.20. The van der Waals surface area contributed by atoms with Crippen LogP contribution < -0.4 is 10.1 Å². The van der Waals surface area contributed by atoms with Crippen LogP contribution in [0.25, 0.3) is 11.5 Å². The molecule has 1 aromatic heterocycles. The Morgan fingerprint density at radius 3 is 2.39 bits per heavy atom. The van der Waals surface area contributed by atoms with Crippen LogP contribution in [0.1, 0.15) is 37.9 Å². The van der Waals surface area contributed by atoms with Crippen molar-refractivity contribution in [3.8, 4) is 17.2 Å². The van der Waals surface area contributed by atoms with E-state index < -0.39 is 0 Å². The largest absolute Gasteiger partial charge is 0.484 e. The second-order valence-electron chi connectivity index (χ2n) is 7.19. The maximum absolute atomic E-state index is 12.2. The number of carbonyl (C=O) groups excluding carboxylic acids is 1. The van der Waals surface area contributed by atoms with Crippen molar-refractivity contribution in [2.75, 3.05) is 6.61 Å². The molecule has 1 heterocycles. The third-order valence-electron chi connectivity index (χ3n) is 4.33. The Labute approximate surface area is 164 Å². The lowest BCUT2D eigenvalue weighted by atomic mass is 10.00. The number of ether oxygens (including phenoxy) is 1. The van der Waals surface area contributed by atoms with Gasteiger partial charge in [-0.3, -0.25) is 4.79 Å². The summed E-state index contributed by atoms with van der Waals surface area (Å²) in [6.07, 6.45) is 2.34. The predicted molar refractivity (Wildman–Crippen MR) is 107 cm³/mol. The molecule has 1 unspecified atom stereocenters. The fourth-order valence-electron chi connectivity index (χ4n) is 2.92. The topological polar surface area (TPSA) is 77.2 Å². The molecule has 1 atom stereocenters. The highest BCUT2D eigenvalue weighted by Gasteiger charge is 2.11. The van der Waals surface area contributed by atoms with E-state index in [2.05, 4.69) is 53.6 Å². The second-order valence-corrected chi connectivity index (χ2v) is 7.19. The van der Waals surface area contributed by atoms with E-state index in [0.717, 1.165) is 17.5 Å². The molecule has 0 aliphatic carbocycles. The van der Waals surface area contributed by atoms with Crippen molar-refractivity contribution in [2.24, 2.45) is 5.92 Å². The number of amides is 1. The van der Waals surface area contributed by atoms with Crippen LogP contribution >= 0.6 is 0 Å². The zero-order valence-corrected chi connectivity index (χ0v) is 16.4. The molecule has 1 amide bonds. The van der Waals surface area contributed by atoms with Crippen LogP contribution in [0.4, 0.5) is 0 Å². The monoisotopic (exact) mass is 379 g/mol. The van der Waals surface area contributed by atoms with Gasteiger partial charge in [-0.05, 0) is 54.7 Å². The van der Waals surface area contributed by atoms with Gasteiger partial charge < -0.3 is 14.5 Å². The van der Waals surface area contributed by atoms with E-state index in [0.29, 0.717) is 17.6 Å². The van der Waals surface area contributed by atoms with Crippen LogP contribution in [-0.2, 0) is 11.2 Å². The summed E-state index contributed by atoms with van der Waals surface area (Å²) in [6, 6.07) is 15.5. The van der Waals surface area contributed by atoms with Crippen LogP contribution in [0.5, 0.6) is 5.75 Å². The average Bonchev–Trinajstić information content (AvgIpc) is 3.21. The summed E-state index contributed by atoms with van der Waals surface area (Å²) in [7, 11) is 0. The molecule has 0 spiro atoms. The van der Waals surface area contributed by atoms with E-state index >= 15 is 0 Å². The lowest BCUT2D eigenvalue weighted by Crippen LogP contribution is -2.31. The Balaban J connectivity index is 1.48. The van der Waals surface area contributed by atoms with Crippen molar-refractivity contribution >= 4 is 5.91 Å². The van der Waals surface area contributed by atoms with Crippen LogP contribution in [-0.4, -0.2) is 22.7 Å². The van der Waals surface area contributed by atoms with Gasteiger partial charge in [0.15, 0.2) is 6.61 Å². The molecule has 28 heavy (non-hydrogen) atoms. The number of carbonyl (C=O) groups is 1. The number of hydrogen-bond donors (Lipinski definition) is 1. The maximum Gasteiger partial charge on any atom is 0.258 e. The van der Waals surface area contributed by atoms with Crippen LogP contribution in [0.15, 0.2) is 59.3 Å². The van der Waals surface area contributed by atoms with Crippen molar-refractivity contribution in [3.05, 3.63) is 66.1 Å². The first kappa shape index (κ1) is 19.6. The number of nitrogens with one attached hydrogen (secondary N) is 1. The number of benzene rings is 2. The third kappa shape index (κ3) is 5.42. The first-order valence-electron chi connectivity index (χ1n) is 9.39. The lowest BCUT2D eigenvalue weighted by Gasteiger charge is -2.15. The zero-order valence-electron chi connectivity index (χ0n) is 16.4. The highest BCUT2D eigenvalue weighted by atomic mass is 16.5. The Hall–Kier alpha value is -3.15. The van der Waals surface area contributed by atoms with Gasteiger partial charge in [0.05, 0.1) is 6.04 Å². The van der Waals surface area contributed by atoms with Gasteiger partial charge in [-0.15, -0.1) is 10.2 Å². The number of nitrogens with zero attached hydrogens (tertiary/aromatic N) is 2. The summed E-state index contributed by atoms with van der Waals surface area (Å²) in [5.41, 5.74) is 3.18. The Bertz CT molecular complexity index is 872. The third-order valence-corrected chi connectivity index (χ3v) is 4.33. The molecule has 3 aromatic rings. The highest BCUT2D eigenvalue weighted by molar-refractivity contribution is 5.78. The minimum Gasteiger partial charge on any atom is -0.484 e. The summed E-state index contributed by atoms with van der Waals surface area (Å²) in [6.45, 7) is 6.33. The normalized spacial score (nSPS) is 12.0. The number of aromatic nitrogens is 2. The average molecular weight is 379 g/mol. The van der Waals surface area contributed by atoms with Gasteiger partial charge in [0, 0.05) is 5.56 Å². The fourth-order valence-corrected chi connectivity index (χ4v) is 2.92. The first-order chi connectivity index (χ1) is 13.5. The van der Waals surface area contributed by atoms with E-state index in [4.69, 9.17) is 9.15 Å². The molecule has 146 valence electrons. The predicted octanol–water partition coefficient (Wildman–Crippen LogP) is 4.19. The van der Waals surface area contributed by atoms with E-state index in [9.17, 15) is 4.79 Å². The molecular formula is C22H25N3O3. The molecule has 6 heteroatoms. The van der Waals surface area contributed by atoms with Gasteiger partial charge in [-0.2, -0.15) is 0 Å². The Kier molecular flexibility index (Phi) is 6.42. The zero-order chi connectivity index (χ0) is 19.9. The lowest BCUT2D eigenvalue weighted by molar-refractivity contribution is -0.123. The van der Waals surface area contributed by atoms with E-state index in [1.165, 1.54) is 12.0 Å². The molecule has 0 fully saturated rings. The molecular weight excluding hydrogens is 354 g/mol. The molecule has 0 aliphatic heterocycles. The van der Waals surface area contributed by atoms with Crippen LogP contribution in [0.3, 0.4) is 0 Å². The molecule has 0 saturated carbocycles. The molecule has 2 aromatic carbocycles. The summed E-state index contributed by atoms with van der Waals surface area (Å²) in [5.74, 6) is 1.50. The molecule has 1 N–H and O–H groups in total. The molecule has 0 aliphatic rings. The summed E-state index contributed by atoms with van der Waals surface area (Å²) in [4.78, 5) is 12.2. The summed E-state index contributed by atoms with van der Waals surface area (Å²) >= 11 is 0. The van der Waals surface area contributed by atoms with Gasteiger partial charge in [0.2, 0.25) is 12.3 Å². The first-order valence-corrected chi connectivity index (χ1v) is 9.39. The quantitative estimate of drug-likeness (QED) is 0.635. The molecule has 0 saturated heterocycles. The molecule has 3 rings (SSSR count). The fraction of sp³-hybridized carbons (Fsp3) is 0.318. The van der Waals surface area contributed by atoms with Crippen LogP contribution in [0, 0.1) is 5.92 Å². The SMILES string of the molecule is CC(C)Cc1ccc(C(C)NC(=O)COc2ccc(-c3nnco3)cc2)cc1. The van der Waals surface area contributed by atoms with E-state index in [-0.39, 0.29) is 18.6 Å². The Morgan fingerprint density at radius 2 is 1.79 bits per heavy atom. The smallest absolute Gasteiger partial charge is 0.258 e. The van der Waals surface area contributed by atoms with Gasteiger partial charge in [0.1, 0.15) is 5.75 Å².